The number of aliphatic imine (C=N–C) groups is 1. The quantitative estimate of drug-likeness (QED) is 0.674. The Morgan fingerprint density at radius 3 is 2.68 bits per heavy atom. The molecule has 0 aliphatic carbocycles. The molecule has 2 aliphatic rings. The SMILES string of the molecule is CCOC(=O)C1=C(C)N=C2SCCC(=O)N2C1c1ccc(OCC(C)C)cc1. The van der Waals surface area contributed by atoms with Gasteiger partial charge >= 0.3 is 5.97 Å². The van der Waals surface area contributed by atoms with E-state index in [0.717, 1.165) is 11.3 Å². The Balaban J connectivity index is 1.99. The zero-order valence-corrected chi connectivity index (χ0v) is 17.5. The van der Waals surface area contributed by atoms with Crippen molar-refractivity contribution < 1.29 is 19.1 Å². The third kappa shape index (κ3) is 4.24. The van der Waals surface area contributed by atoms with Crippen molar-refractivity contribution >= 4 is 28.8 Å². The van der Waals surface area contributed by atoms with Crippen LogP contribution in [0, 0.1) is 5.92 Å². The van der Waals surface area contributed by atoms with Gasteiger partial charge in [-0.25, -0.2) is 9.79 Å². The van der Waals surface area contributed by atoms with E-state index in [2.05, 4.69) is 18.8 Å². The lowest BCUT2D eigenvalue weighted by atomic mass is 9.94. The second-order valence-corrected chi connectivity index (χ2v) is 8.21. The maximum atomic E-state index is 12.7. The number of amidine groups is 1. The summed E-state index contributed by atoms with van der Waals surface area (Å²) < 4.78 is 11.0. The Bertz CT molecular complexity index is 814. The van der Waals surface area contributed by atoms with Crippen LogP contribution < -0.4 is 4.74 Å². The number of nitrogens with zero attached hydrogens (tertiary/aromatic N) is 2. The number of hydrogen-bond acceptors (Lipinski definition) is 6. The lowest BCUT2D eigenvalue weighted by molar-refractivity contribution is -0.139. The molecule has 0 radical (unpaired) electrons. The monoisotopic (exact) mass is 402 g/mol. The van der Waals surface area contributed by atoms with Gasteiger partial charge in [-0.1, -0.05) is 37.7 Å². The number of ether oxygens (including phenoxy) is 2. The molecular weight excluding hydrogens is 376 g/mol. The number of amides is 1. The lowest BCUT2D eigenvalue weighted by Gasteiger charge is -2.38. The molecule has 1 aromatic rings. The van der Waals surface area contributed by atoms with E-state index >= 15 is 0 Å². The van der Waals surface area contributed by atoms with Crippen LogP contribution in [0.25, 0.3) is 0 Å². The Kier molecular flexibility index (Phi) is 6.44. The van der Waals surface area contributed by atoms with Crippen LogP contribution in [0.3, 0.4) is 0 Å². The van der Waals surface area contributed by atoms with Gasteiger partial charge in [0.2, 0.25) is 5.91 Å². The summed E-state index contributed by atoms with van der Waals surface area (Å²) in [5.41, 5.74) is 1.84. The topological polar surface area (TPSA) is 68.2 Å². The molecule has 28 heavy (non-hydrogen) atoms. The number of thioether (sulfide) groups is 1. The van der Waals surface area contributed by atoms with Gasteiger partial charge < -0.3 is 9.47 Å². The van der Waals surface area contributed by atoms with Gasteiger partial charge in [-0.3, -0.25) is 9.69 Å². The van der Waals surface area contributed by atoms with Crippen molar-refractivity contribution in [2.24, 2.45) is 10.9 Å². The summed E-state index contributed by atoms with van der Waals surface area (Å²) >= 11 is 1.54. The van der Waals surface area contributed by atoms with Crippen molar-refractivity contribution in [3.63, 3.8) is 0 Å². The van der Waals surface area contributed by atoms with Crippen LogP contribution >= 0.6 is 11.8 Å². The zero-order chi connectivity index (χ0) is 20.3. The Morgan fingerprint density at radius 2 is 2.04 bits per heavy atom. The normalized spacial score (nSPS) is 19.5. The van der Waals surface area contributed by atoms with Crippen molar-refractivity contribution in [2.75, 3.05) is 19.0 Å². The summed E-state index contributed by atoms with van der Waals surface area (Å²) in [4.78, 5) is 31.6. The molecule has 150 valence electrons. The number of hydrogen-bond donors (Lipinski definition) is 0. The fraction of sp³-hybridized carbons (Fsp3) is 0.476. The molecule has 0 N–H and O–H groups in total. The minimum atomic E-state index is -0.536. The molecule has 7 heteroatoms. The number of allylic oxidation sites excluding steroid dienone is 1. The van der Waals surface area contributed by atoms with E-state index in [4.69, 9.17) is 9.47 Å². The fourth-order valence-corrected chi connectivity index (χ4v) is 4.20. The van der Waals surface area contributed by atoms with Crippen LogP contribution in [-0.2, 0) is 14.3 Å². The molecule has 0 saturated carbocycles. The van der Waals surface area contributed by atoms with Crippen LogP contribution in [0.15, 0.2) is 40.5 Å². The maximum Gasteiger partial charge on any atom is 0.338 e. The number of esters is 1. The van der Waals surface area contributed by atoms with Gasteiger partial charge in [-0.2, -0.15) is 0 Å². The summed E-state index contributed by atoms with van der Waals surface area (Å²) in [6, 6.07) is 7.03. The molecule has 0 aromatic heterocycles. The molecule has 1 saturated heterocycles. The Hall–Kier alpha value is -2.28. The maximum absolute atomic E-state index is 12.7. The van der Waals surface area contributed by atoms with Gasteiger partial charge in [-0.05, 0) is 37.5 Å². The fourth-order valence-electron chi connectivity index (χ4n) is 3.19. The number of fused-ring (bicyclic) bond motifs is 1. The van der Waals surface area contributed by atoms with E-state index in [0.29, 0.717) is 41.1 Å². The molecular formula is C21H26N2O4S. The molecule has 1 amide bonds. The van der Waals surface area contributed by atoms with Crippen LogP contribution in [0.2, 0.25) is 0 Å². The van der Waals surface area contributed by atoms with E-state index in [-0.39, 0.29) is 12.5 Å². The smallest absolute Gasteiger partial charge is 0.338 e. The minimum absolute atomic E-state index is 0.0306. The molecule has 1 unspecified atom stereocenters. The van der Waals surface area contributed by atoms with Gasteiger partial charge in [0.1, 0.15) is 5.75 Å². The standard InChI is InChI=1S/C21H26N2O4S/c1-5-26-20(25)18-14(4)22-21-23(17(24)10-11-28-21)19(18)15-6-8-16(9-7-15)27-12-13(2)3/h6-9,13,19H,5,10-12H2,1-4H3. The summed E-state index contributed by atoms with van der Waals surface area (Å²) in [6.45, 7) is 8.65. The third-order valence-electron chi connectivity index (χ3n) is 4.48. The van der Waals surface area contributed by atoms with E-state index in [1.807, 2.05) is 24.3 Å². The zero-order valence-electron chi connectivity index (χ0n) is 16.7. The number of carbonyl (C=O) groups excluding carboxylic acids is 2. The molecule has 2 aliphatic heterocycles. The van der Waals surface area contributed by atoms with Gasteiger partial charge in [0, 0.05) is 12.2 Å². The predicted octanol–water partition coefficient (Wildman–Crippen LogP) is 3.93. The summed E-state index contributed by atoms with van der Waals surface area (Å²) in [6.07, 6.45) is 0.422. The Labute approximate surface area is 170 Å². The molecule has 6 nitrogen and oxygen atoms in total. The van der Waals surface area contributed by atoms with Crippen LogP contribution in [0.4, 0.5) is 0 Å². The molecule has 1 fully saturated rings. The van der Waals surface area contributed by atoms with Crippen molar-refractivity contribution in [1.29, 1.82) is 0 Å². The van der Waals surface area contributed by atoms with E-state index in [1.165, 1.54) is 11.8 Å². The highest BCUT2D eigenvalue weighted by Crippen LogP contribution is 2.40. The van der Waals surface area contributed by atoms with Crippen LogP contribution in [-0.4, -0.2) is 40.9 Å². The highest BCUT2D eigenvalue weighted by Gasteiger charge is 2.41. The van der Waals surface area contributed by atoms with Gasteiger partial charge in [0.25, 0.3) is 0 Å². The first-order chi connectivity index (χ1) is 13.4. The number of rotatable bonds is 6. The van der Waals surface area contributed by atoms with Crippen molar-refractivity contribution in [2.45, 2.75) is 40.2 Å². The second kappa shape index (κ2) is 8.82. The van der Waals surface area contributed by atoms with E-state index in [1.54, 1.807) is 18.7 Å². The Morgan fingerprint density at radius 1 is 1.32 bits per heavy atom. The lowest BCUT2D eigenvalue weighted by Crippen LogP contribution is -2.45. The van der Waals surface area contributed by atoms with Gasteiger partial charge in [0.05, 0.1) is 30.5 Å². The first-order valence-corrected chi connectivity index (χ1v) is 10.5. The van der Waals surface area contributed by atoms with Gasteiger partial charge in [-0.15, -0.1) is 0 Å². The average molecular weight is 403 g/mol. The largest absolute Gasteiger partial charge is 0.493 e. The average Bonchev–Trinajstić information content (AvgIpc) is 2.66. The number of benzene rings is 1. The summed E-state index contributed by atoms with van der Waals surface area (Å²) in [5, 5.41) is 0.645. The van der Waals surface area contributed by atoms with E-state index in [9.17, 15) is 9.59 Å². The minimum Gasteiger partial charge on any atom is -0.493 e. The molecule has 0 spiro atoms. The summed E-state index contributed by atoms with van der Waals surface area (Å²) in [5.74, 6) is 1.43. The van der Waals surface area contributed by atoms with Crippen LogP contribution in [0.1, 0.15) is 45.7 Å². The molecule has 0 bridgehead atoms. The van der Waals surface area contributed by atoms with Crippen molar-refractivity contribution in [3.05, 3.63) is 41.1 Å². The number of carbonyl (C=O) groups is 2. The summed E-state index contributed by atoms with van der Waals surface area (Å²) in [7, 11) is 0. The van der Waals surface area contributed by atoms with E-state index < -0.39 is 12.0 Å². The van der Waals surface area contributed by atoms with Gasteiger partial charge in [0.15, 0.2) is 5.17 Å². The highest BCUT2D eigenvalue weighted by molar-refractivity contribution is 8.14. The third-order valence-corrected chi connectivity index (χ3v) is 5.44. The second-order valence-electron chi connectivity index (χ2n) is 7.15. The van der Waals surface area contributed by atoms with Crippen molar-refractivity contribution in [3.8, 4) is 5.75 Å². The molecule has 3 rings (SSSR count). The van der Waals surface area contributed by atoms with Crippen molar-refractivity contribution in [1.82, 2.24) is 4.90 Å². The molecule has 2 heterocycles. The van der Waals surface area contributed by atoms with Crippen LogP contribution in [0.5, 0.6) is 5.75 Å². The predicted molar refractivity (Wildman–Crippen MR) is 110 cm³/mol. The molecule has 1 atom stereocenters. The first-order valence-electron chi connectivity index (χ1n) is 9.56. The molecule has 1 aromatic carbocycles. The first kappa shape index (κ1) is 20.5. The highest BCUT2D eigenvalue weighted by atomic mass is 32.2.